The molecule has 0 aromatic heterocycles. The summed E-state index contributed by atoms with van der Waals surface area (Å²) in [6.45, 7) is 11.3. The number of alkyl carbamates (subject to hydrolysis) is 2. The Morgan fingerprint density at radius 3 is 2.19 bits per heavy atom. The van der Waals surface area contributed by atoms with Crippen LogP contribution in [-0.4, -0.2) is 82.1 Å². The summed E-state index contributed by atoms with van der Waals surface area (Å²) in [5.41, 5.74) is 3.66. The summed E-state index contributed by atoms with van der Waals surface area (Å²) >= 11 is 0. The van der Waals surface area contributed by atoms with Crippen LogP contribution in [-0.2, 0) is 41.9 Å². The van der Waals surface area contributed by atoms with Crippen molar-refractivity contribution < 1.29 is 51.5 Å². The second-order valence-corrected chi connectivity index (χ2v) is 13.7. The molecule has 14 heteroatoms. The van der Waals surface area contributed by atoms with E-state index in [9.17, 15) is 18.9 Å². The summed E-state index contributed by atoms with van der Waals surface area (Å²) in [6, 6.07) is 15.2. The number of nitrogens with one attached hydrogen (secondary N) is 2. The van der Waals surface area contributed by atoms with Crippen molar-refractivity contribution in [3.05, 3.63) is 72.3 Å². The van der Waals surface area contributed by atoms with Gasteiger partial charge in [0.25, 0.3) is 0 Å². The third-order valence-corrected chi connectivity index (χ3v) is 8.25. The van der Waals surface area contributed by atoms with E-state index in [2.05, 4.69) is 29.3 Å². The number of esters is 1. The maximum Gasteiger partial charge on any atom is 0.475 e. The van der Waals surface area contributed by atoms with E-state index in [0.29, 0.717) is 6.42 Å². The summed E-state index contributed by atoms with van der Waals surface area (Å²) < 4.78 is 51.3. The van der Waals surface area contributed by atoms with Gasteiger partial charge in [-0.25, -0.2) is 14.2 Å². The first-order chi connectivity index (χ1) is 22.8. The maximum atomic E-state index is 13.4. The summed E-state index contributed by atoms with van der Waals surface area (Å²) in [6.07, 6.45) is 0.0327. The number of hydrogen-bond donors (Lipinski definition) is 2. The molecule has 2 amide bonds. The molecule has 0 aliphatic heterocycles. The fourth-order valence-corrected chi connectivity index (χ4v) is 6.01. The smallest absolute Gasteiger partial charge is 0.463 e. The summed E-state index contributed by atoms with van der Waals surface area (Å²) in [5.74, 6) is -0.493. The first-order valence-electron chi connectivity index (χ1n) is 15.8. The van der Waals surface area contributed by atoms with Gasteiger partial charge in [-0.1, -0.05) is 54.6 Å². The Kier molecular flexibility index (Phi) is 15.1. The van der Waals surface area contributed by atoms with E-state index in [1.165, 1.54) is 13.0 Å². The molecule has 1 unspecified atom stereocenters. The van der Waals surface area contributed by atoms with Crippen molar-refractivity contribution in [2.24, 2.45) is 0 Å². The lowest BCUT2D eigenvalue weighted by Crippen LogP contribution is -2.44. The summed E-state index contributed by atoms with van der Waals surface area (Å²) in [4.78, 5) is 36.1. The lowest BCUT2D eigenvalue weighted by molar-refractivity contribution is -0.146. The van der Waals surface area contributed by atoms with Crippen LogP contribution in [0, 0.1) is 0 Å². The Morgan fingerprint density at radius 1 is 0.938 bits per heavy atom. The fraction of sp³-hybridized carbons (Fsp3) is 0.500. The standard InChI is InChI=1S/C34H47N2O11P/c1-7-18-43-48(40,45-22-26(36-33(39)47-34(4,5)6)21-41-19-16-24(2)46-25(3)37)44-20-17-35-32(38)42-23-31-29-14-10-8-12-27(29)28-13-9-11-15-30(28)31/h7-15,24,26,31H,1,16-23H2,2-6H3,(H,35,38)(H,36,39)/t24-,26-,48?/m1/s1. The number of ether oxygens (including phenoxy) is 4. The maximum absolute atomic E-state index is 13.4. The quantitative estimate of drug-likeness (QED) is 0.0575. The molecular weight excluding hydrogens is 643 g/mol. The number of hydrogen-bond acceptors (Lipinski definition) is 11. The molecule has 2 aromatic rings. The van der Waals surface area contributed by atoms with E-state index in [1.807, 2.05) is 36.4 Å². The van der Waals surface area contributed by atoms with Crippen LogP contribution in [0.1, 0.15) is 58.1 Å². The Labute approximate surface area is 282 Å². The van der Waals surface area contributed by atoms with Gasteiger partial charge in [0.2, 0.25) is 0 Å². The molecule has 48 heavy (non-hydrogen) atoms. The molecule has 0 radical (unpaired) electrons. The van der Waals surface area contributed by atoms with Gasteiger partial charge in [-0.3, -0.25) is 18.4 Å². The number of benzene rings is 2. The van der Waals surface area contributed by atoms with Gasteiger partial charge >= 0.3 is 26.0 Å². The van der Waals surface area contributed by atoms with Crippen LogP contribution in [0.5, 0.6) is 0 Å². The van der Waals surface area contributed by atoms with Gasteiger partial charge in [0.1, 0.15) is 18.3 Å². The number of carbonyl (C=O) groups excluding carboxylic acids is 3. The average Bonchev–Trinajstić information content (AvgIpc) is 3.34. The van der Waals surface area contributed by atoms with Crippen LogP contribution in [0.15, 0.2) is 61.2 Å². The highest BCUT2D eigenvalue weighted by atomic mass is 31.2. The van der Waals surface area contributed by atoms with Gasteiger partial charge in [-0.15, -0.1) is 6.58 Å². The first kappa shape index (κ1) is 38.7. The molecule has 1 aliphatic rings. The summed E-state index contributed by atoms with van der Waals surface area (Å²) in [5, 5.41) is 5.22. The molecule has 264 valence electrons. The minimum Gasteiger partial charge on any atom is -0.463 e. The van der Waals surface area contributed by atoms with E-state index in [-0.39, 0.29) is 58.2 Å². The molecule has 2 N–H and O–H groups in total. The highest BCUT2D eigenvalue weighted by Crippen LogP contribution is 2.49. The number of phosphoric acid groups is 1. The van der Waals surface area contributed by atoms with Crippen molar-refractivity contribution in [3.8, 4) is 11.1 Å². The van der Waals surface area contributed by atoms with Crippen molar-refractivity contribution in [1.29, 1.82) is 0 Å². The molecule has 0 bridgehead atoms. The zero-order valence-corrected chi connectivity index (χ0v) is 29.1. The van der Waals surface area contributed by atoms with Crippen molar-refractivity contribution in [2.45, 2.75) is 64.7 Å². The predicted octanol–water partition coefficient (Wildman–Crippen LogP) is 6.12. The molecule has 0 saturated heterocycles. The van der Waals surface area contributed by atoms with Crippen LogP contribution in [0.4, 0.5) is 9.59 Å². The van der Waals surface area contributed by atoms with Crippen molar-refractivity contribution >= 4 is 26.0 Å². The lowest BCUT2D eigenvalue weighted by atomic mass is 9.98. The molecular formula is C34H47N2O11P. The largest absolute Gasteiger partial charge is 0.475 e. The van der Waals surface area contributed by atoms with Crippen LogP contribution >= 0.6 is 7.82 Å². The van der Waals surface area contributed by atoms with E-state index < -0.39 is 37.6 Å². The van der Waals surface area contributed by atoms with Gasteiger partial charge < -0.3 is 29.6 Å². The number of carbonyl (C=O) groups is 3. The van der Waals surface area contributed by atoms with Crippen molar-refractivity contribution in [2.75, 3.05) is 46.2 Å². The normalized spacial score (nSPS) is 14.9. The van der Waals surface area contributed by atoms with Crippen molar-refractivity contribution in [1.82, 2.24) is 10.6 Å². The first-order valence-corrected chi connectivity index (χ1v) is 17.2. The minimum absolute atomic E-state index is 0.0448. The second kappa shape index (κ2) is 18.7. The van der Waals surface area contributed by atoms with Crippen LogP contribution in [0.3, 0.4) is 0 Å². The Bertz CT molecular complexity index is 1380. The van der Waals surface area contributed by atoms with Gasteiger partial charge in [-0.05, 0) is 49.9 Å². The minimum atomic E-state index is -4.18. The average molecular weight is 691 g/mol. The second-order valence-electron chi connectivity index (χ2n) is 12.0. The lowest BCUT2D eigenvalue weighted by Gasteiger charge is -2.25. The molecule has 0 fully saturated rings. The molecule has 3 atom stereocenters. The molecule has 0 saturated carbocycles. The highest BCUT2D eigenvalue weighted by Gasteiger charge is 2.31. The zero-order valence-electron chi connectivity index (χ0n) is 28.2. The van der Waals surface area contributed by atoms with E-state index in [0.717, 1.165) is 22.3 Å². The number of fused-ring (bicyclic) bond motifs is 3. The SMILES string of the molecule is C=CCOP(=O)(OCCNC(=O)OCC1c2ccccc2-c2ccccc21)OC[C@@H](COCC[C@@H](C)OC(C)=O)NC(=O)OC(C)(C)C. The molecule has 3 rings (SSSR count). The third kappa shape index (κ3) is 13.0. The van der Waals surface area contributed by atoms with Crippen LogP contribution in [0.2, 0.25) is 0 Å². The van der Waals surface area contributed by atoms with E-state index in [1.54, 1.807) is 27.7 Å². The van der Waals surface area contributed by atoms with Crippen molar-refractivity contribution in [3.63, 3.8) is 0 Å². The molecule has 1 aliphatic carbocycles. The number of amides is 2. The van der Waals surface area contributed by atoms with Crippen LogP contribution < -0.4 is 10.6 Å². The van der Waals surface area contributed by atoms with Gasteiger partial charge in [0.15, 0.2) is 0 Å². The number of rotatable bonds is 19. The molecule has 2 aromatic carbocycles. The molecule has 0 heterocycles. The Hall–Kier alpha value is -3.74. The Balaban J connectivity index is 1.50. The van der Waals surface area contributed by atoms with E-state index >= 15 is 0 Å². The van der Waals surface area contributed by atoms with Gasteiger partial charge in [-0.2, -0.15) is 0 Å². The van der Waals surface area contributed by atoms with Crippen LogP contribution in [0.25, 0.3) is 11.1 Å². The topological polar surface area (TPSA) is 157 Å². The monoisotopic (exact) mass is 690 g/mol. The fourth-order valence-electron chi connectivity index (χ4n) is 4.82. The molecule has 13 nitrogen and oxygen atoms in total. The third-order valence-electron chi connectivity index (χ3n) is 6.82. The zero-order chi connectivity index (χ0) is 35.2. The van der Waals surface area contributed by atoms with Gasteiger partial charge in [0, 0.05) is 25.8 Å². The summed E-state index contributed by atoms with van der Waals surface area (Å²) in [7, 11) is -4.18. The van der Waals surface area contributed by atoms with E-state index in [4.69, 9.17) is 32.5 Å². The molecule has 0 spiro atoms. The van der Waals surface area contributed by atoms with Gasteiger partial charge in [0.05, 0.1) is 39.1 Å². The predicted molar refractivity (Wildman–Crippen MR) is 179 cm³/mol. The number of phosphoric ester groups is 1. The Morgan fingerprint density at radius 2 is 1.58 bits per heavy atom. The highest BCUT2D eigenvalue weighted by molar-refractivity contribution is 7.48.